The van der Waals surface area contributed by atoms with Crippen molar-refractivity contribution >= 4 is 23.1 Å². The van der Waals surface area contributed by atoms with Crippen LogP contribution in [0.2, 0.25) is 5.02 Å². The first-order valence-electron chi connectivity index (χ1n) is 9.40. The van der Waals surface area contributed by atoms with E-state index in [0.717, 1.165) is 33.7 Å². The van der Waals surface area contributed by atoms with Crippen molar-refractivity contribution in [1.29, 1.82) is 0 Å². The summed E-state index contributed by atoms with van der Waals surface area (Å²) in [6, 6.07) is 14.7. The number of halogens is 1. The third kappa shape index (κ3) is 2.99. The molecule has 3 unspecified atom stereocenters. The standard InChI is InChI=1S/C23H25ClN2O/c1-14-4-7-16(8-5-14)20-12-23(25)17(13-26(3)22(23)27)11-19(20)18-9-6-15(2)10-21(18)24/h4-10,12,17,19H,11,13,25H2,1-3H3. The van der Waals surface area contributed by atoms with Crippen LogP contribution in [0.15, 0.2) is 48.5 Å². The maximum absolute atomic E-state index is 12.8. The lowest BCUT2D eigenvalue weighted by molar-refractivity contribution is -0.129. The summed E-state index contributed by atoms with van der Waals surface area (Å²) in [6.45, 7) is 4.80. The van der Waals surface area contributed by atoms with Crippen molar-refractivity contribution in [3.05, 3.63) is 75.8 Å². The van der Waals surface area contributed by atoms with Crippen LogP contribution in [-0.2, 0) is 4.79 Å². The van der Waals surface area contributed by atoms with Gasteiger partial charge in [0, 0.05) is 30.5 Å². The number of amides is 1. The lowest BCUT2D eigenvalue weighted by atomic mass is 9.68. The van der Waals surface area contributed by atoms with Gasteiger partial charge < -0.3 is 10.6 Å². The van der Waals surface area contributed by atoms with Gasteiger partial charge in [0.25, 0.3) is 0 Å². The molecule has 1 aliphatic heterocycles. The smallest absolute Gasteiger partial charge is 0.246 e. The van der Waals surface area contributed by atoms with Crippen molar-refractivity contribution in [1.82, 2.24) is 4.90 Å². The molecule has 1 aliphatic carbocycles. The number of hydrogen-bond acceptors (Lipinski definition) is 2. The van der Waals surface area contributed by atoms with E-state index in [4.69, 9.17) is 17.3 Å². The number of nitrogens with two attached hydrogens (primary N) is 1. The number of allylic oxidation sites excluding steroid dienone is 1. The fraction of sp³-hybridized carbons (Fsp3) is 0.348. The van der Waals surface area contributed by atoms with Gasteiger partial charge in [0.1, 0.15) is 5.54 Å². The number of rotatable bonds is 2. The number of likely N-dealkylation sites (N-methyl/N-ethyl adjacent to an activating group) is 1. The summed E-state index contributed by atoms with van der Waals surface area (Å²) in [5.41, 5.74) is 11.4. The number of aryl methyl sites for hydroxylation is 2. The van der Waals surface area contributed by atoms with Crippen molar-refractivity contribution in [3.8, 4) is 0 Å². The molecule has 2 N–H and O–H groups in total. The van der Waals surface area contributed by atoms with Crippen LogP contribution in [-0.4, -0.2) is 29.9 Å². The monoisotopic (exact) mass is 380 g/mol. The van der Waals surface area contributed by atoms with Crippen LogP contribution in [0.1, 0.15) is 34.6 Å². The van der Waals surface area contributed by atoms with Crippen LogP contribution >= 0.6 is 11.6 Å². The Kier molecular flexibility index (Phi) is 4.40. The van der Waals surface area contributed by atoms with Gasteiger partial charge in [0.2, 0.25) is 5.91 Å². The van der Waals surface area contributed by atoms with E-state index < -0.39 is 5.54 Å². The zero-order valence-electron chi connectivity index (χ0n) is 16.0. The van der Waals surface area contributed by atoms with Crippen molar-refractivity contribution < 1.29 is 4.79 Å². The third-order valence-electron chi connectivity index (χ3n) is 6.09. The number of hydrogen-bond donors (Lipinski definition) is 1. The van der Waals surface area contributed by atoms with Crippen LogP contribution in [0.5, 0.6) is 0 Å². The van der Waals surface area contributed by atoms with Crippen molar-refractivity contribution in [2.75, 3.05) is 13.6 Å². The van der Waals surface area contributed by atoms with E-state index in [1.165, 1.54) is 5.56 Å². The number of likely N-dealkylation sites (tertiary alicyclic amines) is 1. The fourth-order valence-electron chi connectivity index (χ4n) is 4.53. The highest BCUT2D eigenvalue weighted by atomic mass is 35.5. The second kappa shape index (κ2) is 6.50. The molecule has 2 aromatic carbocycles. The lowest BCUT2D eigenvalue weighted by Gasteiger charge is -2.37. The Bertz CT molecular complexity index is 934. The van der Waals surface area contributed by atoms with E-state index in [9.17, 15) is 4.79 Å². The number of benzene rings is 2. The Labute approximate surface area is 165 Å². The molecular formula is C23H25ClN2O. The molecule has 1 saturated heterocycles. The summed E-state index contributed by atoms with van der Waals surface area (Å²) in [7, 11) is 1.84. The van der Waals surface area contributed by atoms with Crippen molar-refractivity contribution in [2.45, 2.75) is 31.7 Å². The van der Waals surface area contributed by atoms with Crippen LogP contribution in [0.4, 0.5) is 0 Å². The third-order valence-corrected chi connectivity index (χ3v) is 6.42. The van der Waals surface area contributed by atoms with E-state index in [1.807, 2.05) is 26.1 Å². The molecule has 3 nitrogen and oxygen atoms in total. The first-order valence-corrected chi connectivity index (χ1v) is 9.77. The van der Waals surface area contributed by atoms with Crippen molar-refractivity contribution in [3.63, 3.8) is 0 Å². The van der Waals surface area contributed by atoms with Crippen LogP contribution in [0, 0.1) is 19.8 Å². The van der Waals surface area contributed by atoms with Gasteiger partial charge in [-0.15, -0.1) is 0 Å². The number of carbonyl (C=O) groups is 1. The van der Waals surface area contributed by atoms with Gasteiger partial charge >= 0.3 is 0 Å². The van der Waals surface area contributed by atoms with Crippen LogP contribution in [0.25, 0.3) is 5.57 Å². The predicted molar refractivity (Wildman–Crippen MR) is 111 cm³/mol. The molecule has 2 aliphatic rings. The molecule has 2 aromatic rings. The molecule has 4 rings (SSSR count). The Balaban J connectivity index is 1.88. The zero-order valence-corrected chi connectivity index (χ0v) is 16.8. The molecule has 140 valence electrons. The maximum atomic E-state index is 12.8. The molecule has 3 atom stereocenters. The van der Waals surface area contributed by atoms with Gasteiger partial charge in [-0.25, -0.2) is 0 Å². The van der Waals surface area contributed by atoms with Gasteiger partial charge in [0.15, 0.2) is 0 Å². The Morgan fingerprint density at radius 1 is 1.11 bits per heavy atom. The average molecular weight is 381 g/mol. The number of nitrogens with zero attached hydrogens (tertiary/aromatic N) is 1. The minimum Gasteiger partial charge on any atom is -0.343 e. The lowest BCUT2D eigenvalue weighted by Crippen LogP contribution is -2.52. The topological polar surface area (TPSA) is 46.3 Å². The molecule has 0 saturated carbocycles. The SMILES string of the molecule is Cc1ccc(C2=CC3(N)C(=O)N(C)CC3CC2c2ccc(C)cc2Cl)cc1. The molecule has 0 bridgehead atoms. The molecule has 27 heavy (non-hydrogen) atoms. The van der Waals surface area contributed by atoms with E-state index in [0.29, 0.717) is 6.54 Å². The minimum absolute atomic E-state index is 0.00515. The maximum Gasteiger partial charge on any atom is 0.246 e. The van der Waals surface area contributed by atoms with Gasteiger partial charge in [0.05, 0.1) is 0 Å². The largest absolute Gasteiger partial charge is 0.343 e. The minimum atomic E-state index is -0.928. The summed E-state index contributed by atoms with van der Waals surface area (Å²) in [5.74, 6) is 0.221. The number of carbonyl (C=O) groups excluding carboxylic acids is 1. The first-order chi connectivity index (χ1) is 12.8. The highest BCUT2D eigenvalue weighted by Gasteiger charge is 2.52. The van der Waals surface area contributed by atoms with Gasteiger partial charge in [-0.2, -0.15) is 0 Å². The summed E-state index contributed by atoms with van der Waals surface area (Å²) >= 11 is 6.64. The van der Waals surface area contributed by atoms with E-state index >= 15 is 0 Å². The Hall–Kier alpha value is -2.10. The quantitative estimate of drug-likeness (QED) is 0.843. The van der Waals surface area contributed by atoms with Gasteiger partial charge in [-0.3, -0.25) is 4.79 Å². The molecular weight excluding hydrogens is 356 g/mol. The summed E-state index contributed by atoms with van der Waals surface area (Å²) in [5, 5.41) is 0.778. The average Bonchev–Trinajstić information content (AvgIpc) is 2.84. The first kappa shape index (κ1) is 18.3. The highest BCUT2D eigenvalue weighted by molar-refractivity contribution is 6.31. The number of fused-ring (bicyclic) bond motifs is 1. The molecule has 1 heterocycles. The second-order valence-electron chi connectivity index (χ2n) is 8.09. The molecule has 0 aromatic heterocycles. The van der Waals surface area contributed by atoms with Crippen LogP contribution in [0.3, 0.4) is 0 Å². The zero-order chi connectivity index (χ0) is 19.3. The molecule has 4 heteroatoms. The molecule has 1 amide bonds. The van der Waals surface area contributed by atoms with Gasteiger partial charge in [-0.05, 0) is 48.6 Å². The van der Waals surface area contributed by atoms with E-state index in [2.05, 4.69) is 43.3 Å². The second-order valence-corrected chi connectivity index (χ2v) is 8.50. The highest BCUT2D eigenvalue weighted by Crippen LogP contribution is 2.49. The van der Waals surface area contributed by atoms with E-state index in [-0.39, 0.29) is 17.7 Å². The fourth-order valence-corrected chi connectivity index (χ4v) is 4.89. The van der Waals surface area contributed by atoms with Crippen LogP contribution < -0.4 is 5.73 Å². The Morgan fingerprint density at radius 3 is 2.44 bits per heavy atom. The normalized spacial score (nSPS) is 27.5. The molecule has 1 fully saturated rings. The predicted octanol–water partition coefficient (Wildman–Crippen LogP) is 4.31. The van der Waals surface area contributed by atoms with Crippen molar-refractivity contribution in [2.24, 2.45) is 11.7 Å². The van der Waals surface area contributed by atoms with E-state index in [1.54, 1.807) is 4.90 Å². The summed E-state index contributed by atoms with van der Waals surface area (Å²) in [4.78, 5) is 14.5. The van der Waals surface area contributed by atoms with Gasteiger partial charge in [-0.1, -0.05) is 59.6 Å². The summed E-state index contributed by atoms with van der Waals surface area (Å²) < 4.78 is 0. The molecule has 0 radical (unpaired) electrons. The molecule has 0 spiro atoms. The Morgan fingerprint density at radius 2 is 1.78 bits per heavy atom. The summed E-state index contributed by atoms with van der Waals surface area (Å²) in [6.07, 6.45) is 2.83.